The minimum absolute atomic E-state index is 0.0838. The molecule has 0 aromatic rings. The highest BCUT2D eigenvalue weighted by Crippen LogP contribution is 2.08. The molecule has 5 heteroatoms. The molecular formula is C10H20N2O3. The van der Waals surface area contributed by atoms with Crippen LogP contribution in [0.4, 0.5) is 0 Å². The van der Waals surface area contributed by atoms with Crippen LogP contribution in [-0.4, -0.2) is 29.1 Å². The van der Waals surface area contributed by atoms with Crippen LogP contribution >= 0.6 is 0 Å². The fourth-order valence-electron chi connectivity index (χ4n) is 1.21. The van der Waals surface area contributed by atoms with Gasteiger partial charge in [-0.15, -0.1) is 0 Å². The zero-order chi connectivity index (χ0) is 12.0. The molecule has 0 aliphatic carbocycles. The van der Waals surface area contributed by atoms with Crippen LogP contribution in [0, 0.1) is 5.92 Å². The van der Waals surface area contributed by atoms with Gasteiger partial charge < -0.3 is 16.2 Å². The van der Waals surface area contributed by atoms with Gasteiger partial charge in [-0.25, -0.2) is 4.79 Å². The maximum atomic E-state index is 11.3. The topological polar surface area (TPSA) is 92.4 Å². The quantitative estimate of drug-likeness (QED) is 0.597. The normalized spacial score (nSPS) is 16.5. The molecule has 0 fully saturated rings. The van der Waals surface area contributed by atoms with Crippen LogP contribution in [0.1, 0.15) is 33.6 Å². The Morgan fingerprint density at radius 1 is 1.40 bits per heavy atom. The molecule has 4 N–H and O–H groups in total. The van der Waals surface area contributed by atoms with Crippen molar-refractivity contribution in [1.29, 1.82) is 0 Å². The minimum atomic E-state index is -0.998. The highest BCUT2D eigenvalue weighted by atomic mass is 16.4. The highest BCUT2D eigenvalue weighted by Gasteiger charge is 2.25. The number of carbonyl (C=O) groups excluding carboxylic acids is 1. The second kappa shape index (κ2) is 6.40. The molecular weight excluding hydrogens is 196 g/mol. The summed E-state index contributed by atoms with van der Waals surface area (Å²) < 4.78 is 0. The molecule has 0 spiro atoms. The first kappa shape index (κ1) is 13.9. The first-order valence-corrected chi connectivity index (χ1v) is 5.16. The van der Waals surface area contributed by atoms with Gasteiger partial charge in [-0.3, -0.25) is 4.79 Å². The van der Waals surface area contributed by atoms with Gasteiger partial charge in [-0.05, 0) is 12.8 Å². The van der Waals surface area contributed by atoms with Crippen molar-refractivity contribution < 1.29 is 14.7 Å². The summed E-state index contributed by atoms with van der Waals surface area (Å²) in [5, 5.41) is 11.4. The average molecular weight is 216 g/mol. The number of carboxylic acid groups (broad SMARTS) is 1. The zero-order valence-corrected chi connectivity index (χ0v) is 9.49. The van der Waals surface area contributed by atoms with Gasteiger partial charge in [0.05, 0.1) is 0 Å². The summed E-state index contributed by atoms with van der Waals surface area (Å²) >= 11 is 0. The molecule has 0 aromatic heterocycles. The van der Waals surface area contributed by atoms with Crippen LogP contribution in [0.15, 0.2) is 0 Å². The molecule has 0 radical (unpaired) electrons. The third-order valence-electron chi connectivity index (χ3n) is 2.30. The van der Waals surface area contributed by atoms with E-state index in [4.69, 9.17) is 10.8 Å². The van der Waals surface area contributed by atoms with E-state index in [1.165, 1.54) is 0 Å². The molecule has 1 unspecified atom stereocenters. The van der Waals surface area contributed by atoms with E-state index in [2.05, 4.69) is 5.32 Å². The summed E-state index contributed by atoms with van der Waals surface area (Å²) in [6.07, 6.45) is 0.857. The molecule has 1 amide bonds. The lowest BCUT2D eigenvalue weighted by atomic mass is 9.99. The first-order valence-electron chi connectivity index (χ1n) is 5.16. The van der Waals surface area contributed by atoms with Crippen molar-refractivity contribution >= 4 is 11.9 Å². The molecule has 0 aliphatic rings. The third-order valence-corrected chi connectivity index (χ3v) is 2.30. The Labute approximate surface area is 90.0 Å². The molecule has 3 atom stereocenters. The van der Waals surface area contributed by atoms with Gasteiger partial charge in [-0.2, -0.15) is 0 Å². The van der Waals surface area contributed by atoms with Gasteiger partial charge >= 0.3 is 5.97 Å². The third kappa shape index (κ3) is 5.37. The van der Waals surface area contributed by atoms with Gasteiger partial charge in [0, 0.05) is 12.5 Å². The first-order chi connectivity index (χ1) is 6.88. The molecule has 15 heavy (non-hydrogen) atoms. The van der Waals surface area contributed by atoms with Crippen LogP contribution in [0.2, 0.25) is 0 Å². The summed E-state index contributed by atoms with van der Waals surface area (Å²) in [6, 6.07) is -1.07. The van der Waals surface area contributed by atoms with Crippen LogP contribution in [0.25, 0.3) is 0 Å². The second-order valence-electron chi connectivity index (χ2n) is 3.95. The summed E-state index contributed by atoms with van der Waals surface area (Å²) in [7, 11) is 0. The van der Waals surface area contributed by atoms with Crippen molar-refractivity contribution in [3.8, 4) is 0 Å². The fraction of sp³-hybridized carbons (Fsp3) is 0.800. The number of hydrogen-bond donors (Lipinski definition) is 3. The lowest BCUT2D eigenvalue weighted by Gasteiger charge is -2.20. The molecule has 0 aliphatic heterocycles. The van der Waals surface area contributed by atoms with E-state index < -0.39 is 12.0 Å². The van der Waals surface area contributed by atoms with Gasteiger partial charge in [0.15, 0.2) is 0 Å². The van der Waals surface area contributed by atoms with Crippen LogP contribution in [-0.2, 0) is 9.59 Å². The largest absolute Gasteiger partial charge is 0.480 e. The van der Waals surface area contributed by atoms with Gasteiger partial charge in [0.25, 0.3) is 0 Å². The number of carboxylic acids is 1. The SMILES string of the molecule is CC[C@H](C)[C@H](NC(=O)CC(C)N)C(=O)O. The zero-order valence-electron chi connectivity index (χ0n) is 9.49. The Balaban J connectivity index is 4.29. The van der Waals surface area contributed by atoms with E-state index >= 15 is 0 Å². The minimum Gasteiger partial charge on any atom is -0.480 e. The Bertz CT molecular complexity index is 229. The van der Waals surface area contributed by atoms with E-state index in [1.807, 2.05) is 6.92 Å². The van der Waals surface area contributed by atoms with Crippen molar-refractivity contribution in [3.63, 3.8) is 0 Å². The Kier molecular flexibility index (Phi) is 5.93. The van der Waals surface area contributed by atoms with Gasteiger partial charge in [0.1, 0.15) is 6.04 Å². The summed E-state index contributed by atoms with van der Waals surface area (Å²) in [4.78, 5) is 22.2. The lowest BCUT2D eigenvalue weighted by Crippen LogP contribution is -2.46. The lowest BCUT2D eigenvalue weighted by molar-refractivity contribution is -0.143. The monoisotopic (exact) mass is 216 g/mol. The molecule has 0 saturated heterocycles. The van der Waals surface area contributed by atoms with Crippen molar-refractivity contribution in [1.82, 2.24) is 5.32 Å². The van der Waals surface area contributed by atoms with E-state index in [0.29, 0.717) is 6.42 Å². The Hall–Kier alpha value is -1.10. The van der Waals surface area contributed by atoms with E-state index in [9.17, 15) is 9.59 Å². The Morgan fingerprint density at radius 2 is 1.93 bits per heavy atom. The molecule has 5 nitrogen and oxygen atoms in total. The number of nitrogens with one attached hydrogen (secondary N) is 1. The molecule has 0 heterocycles. The maximum Gasteiger partial charge on any atom is 0.326 e. The van der Waals surface area contributed by atoms with E-state index in [0.717, 1.165) is 0 Å². The van der Waals surface area contributed by atoms with Crippen LogP contribution in [0.3, 0.4) is 0 Å². The molecule has 0 aromatic carbocycles. The van der Waals surface area contributed by atoms with Crippen molar-refractivity contribution in [2.75, 3.05) is 0 Å². The predicted molar refractivity (Wildman–Crippen MR) is 57.3 cm³/mol. The summed E-state index contributed by atoms with van der Waals surface area (Å²) in [6.45, 7) is 5.39. The number of carbonyl (C=O) groups is 2. The number of nitrogens with two attached hydrogens (primary N) is 1. The van der Waals surface area contributed by atoms with Crippen molar-refractivity contribution in [2.24, 2.45) is 11.7 Å². The fourth-order valence-corrected chi connectivity index (χ4v) is 1.21. The van der Waals surface area contributed by atoms with Crippen molar-refractivity contribution in [2.45, 2.75) is 45.7 Å². The number of hydrogen-bond acceptors (Lipinski definition) is 3. The van der Waals surface area contributed by atoms with Crippen molar-refractivity contribution in [3.05, 3.63) is 0 Å². The molecule has 0 saturated carbocycles. The highest BCUT2D eigenvalue weighted by molar-refractivity contribution is 5.83. The molecule has 0 rings (SSSR count). The second-order valence-corrected chi connectivity index (χ2v) is 3.95. The Morgan fingerprint density at radius 3 is 2.27 bits per heavy atom. The molecule has 88 valence electrons. The summed E-state index contributed by atoms with van der Waals surface area (Å²) in [5.74, 6) is -1.39. The van der Waals surface area contributed by atoms with Crippen LogP contribution < -0.4 is 11.1 Å². The maximum absolute atomic E-state index is 11.3. The number of aliphatic carboxylic acids is 1. The van der Waals surface area contributed by atoms with Crippen LogP contribution in [0.5, 0.6) is 0 Å². The number of rotatable bonds is 6. The van der Waals surface area contributed by atoms with E-state index in [1.54, 1.807) is 13.8 Å². The average Bonchev–Trinajstić information content (AvgIpc) is 2.11. The van der Waals surface area contributed by atoms with Gasteiger partial charge in [-0.1, -0.05) is 20.3 Å². The summed E-state index contributed by atoms with van der Waals surface area (Å²) in [5.41, 5.74) is 5.45. The molecule has 0 bridgehead atoms. The predicted octanol–water partition coefficient (Wildman–Crippen LogP) is 0.339. The number of amides is 1. The van der Waals surface area contributed by atoms with E-state index in [-0.39, 0.29) is 24.3 Å². The smallest absolute Gasteiger partial charge is 0.326 e. The standard InChI is InChI=1S/C10H20N2O3/c1-4-6(2)9(10(14)15)12-8(13)5-7(3)11/h6-7,9H,4-5,11H2,1-3H3,(H,12,13)(H,14,15)/t6-,7?,9-/m0/s1. The van der Waals surface area contributed by atoms with Gasteiger partial charge in [0.2, 0.25) is 5.91 Å².